The molecular formula is C9H7BrClN. The van der Waals surface area contributed by atoms with Gasteiger partial charge in [0.15, 0.2) is 0 Å². The van der Waals surface area contributed by atoms with Crippen LogP contribution < -0.4 is 5.73 Å². The Labute approximate surface area is 85.0 Å². The van der Waals surface area contributed by atoms with Crippen molar-refractivity contribution in [1.29, 1.82) is 0 Å². The van der Waals surface area contributed by atoms with Gasteiger partial charge in [-0.25, -0.2) is 0 Å². The summed E-state index contributed by atoms with van der Waals surface area (Å²) in [6.07, 6.45) is 5.17. The van der Waals surface area contributed by atoms with Crippen LogP contribution in [0, 0.1) is 12.3 Å². The van der Waals surface area contributed by atoms with Crippen LogP contribution in [0.3, 0.4) is 0 Å². The maximum absolute atomic E-state index is 5.94. The van der Waals surface area contributed by atoms with E-state index < -0.39 is 6.04 Å². The van der Waals surface area contributed by atoms with E-state index in [0.29, 0.717) is 5.02 Å². The summed E-state index contributed by atoms with van der Waals surface area (Å²) in [5.41, 5.74) is 6.39. The monoisotopic (exact) mass is 243 g/mol. The van der Waals surface area contributed by atoms with Crippen LogP contribution in [-0.4, -0.2) is 0 Å². The molecule has 1 aromatic rings. The van der Waals surface area contributed by atoms with E-state index in [1.807, 2.05) is 18.2 Å². The second-order valence-electron chi connectivity index (χ2n) is 2.29. The van der Waals surface area contributed by atoms with Gasteiger partial charge in [-0.2, -0.15) is 0 Å². The molecular weight excluding hydrogens is 237 g/mol. The molecule has 12 heavy (non-hydrogen) atoms. The Kier molecular flexibility index (Phi) is 3.16. The highest BCUT2D eigenvalue weighted by molar-refractivity contribution is 9.10. The normalized spacial score (nSPS) is 12.2. The van der Waals surface area contributed by atoms with Crippen molar-refractivity contribution in [2.24, 2.45) is 5.73 Å². The highest BCUT2D eigenvalue weighted by Crippen LogP contribution is 2.28. The third-order valence-electron chi connectivity index (χ3n) is 1.50. The van der Waals surface area contributed by atoms with Crippen molar-refractivity contribution in [3.63, 3.8) is 0 Å². The molecule has 0 aliphatic heterocycles. The summed E-state index contributed by atoms with van der Waals surface area (Å²) in [7, 11) is 0. The minimum Gasteiger partial charge on any atom is -0.314 e. The summed E-state index contributed by atoms with van der Waals surface area (Å²) in [6, 6.07) is 5.07. The Morgan fingerprint density at radius 3 is 2.83 bits per heavy atom. The predicted molar refractivity (Wildman–Crippen MR) is 54.9 cm³/mol. The first-order chi connectivity index (χ1) is 5.66. The maximum atomic E-state index is 5.94. The van der Waals surface area contributed by atoms with Crippen LogP contribution in [0.4, 0.5) is 0 Å². The minimum atomic E-state index is -0.435. The number of nitrogens with two attached hydrogens (primary N) is 1. The lowest BCUT2D eigenvalue weighted by molar-refractivity contribution is 0.945. The average Bonchev–Trinajstić information content (AvgIpc) is 2.08. The molecule has 0 aliphatic carbocycles. The highest BCUT2D eigenvalue weighted by Gasteiger charge is 2.08. The fourth-order valence-electron chi connectivity index (χ4n) is 0.850. The first-order valence-corrected chi connectivity index (χ1v) is 4.49. The van der Waals surface area contributed by atoms with Crippen molar-refractivity contribution in [1.82, 2.24) is 0 Å². The van der Waals surface area contributed by atoms with Crippen LogP contribution in [-0.2, 0) is 0 Å². The zero-order chi connectivity index (χ0) is 9.14. The van der Waals surface area contributed by atoms with E-state index in [9.17, 15) is 0 Å². The van der Waals surface area contributed by atoms with Crippen LogP contribution in [0.25, 0.3) is 0 Å². The van der Waals surface area contributed by atoms with E-state index in [0.717, 1.165) is 10.0 Å². The third kappa shape index (κ3) is 1.81. The minimum absolute atomic E-state index is 0.435. The molecule has 0 aromatic heterocycles. The molecule has 0 saturated heterocycles. The lowest BCUT2D eigenvalue weighted by Gasteiger charge is -2.07. The lowest BCUT2D eigenvalue weighted by Crippen LogP contribution is -2.07. The lowest BCUT2D eigenvalue weighted by atomic mass is 10.1. The Bertz CT molecular complexity index is 330. The van der Waals surface area contributed by atoms with Gasteiger partial charge in [-0.3, -0.25) is 0 Å². The van der Waals surface area contributed by atoms with Gasteiger partial charge in [0.1, 0.15) is 0 Å². The summed E-state index contributed by atoms with van der Waals surface area (Å²) < 4.78 is 0.812. The van der Waals surface area contributed by atoms with Gasteiger partial charge in [0.05, 0.1) is 11.1 Å². The van der Waals surface area contributed by atoms with Gasteiger partial charge in [0.25, 0.3) is 0 Å². The first-order valence-electron chi connectivity index (χ1n) is 3.32. The molecule has 62 valence electrons. The molecule has 0 bridgehead atoms. The average molecular weight is 245 g/mol. The quantitative estimate of drug-likeness (QED) is 0.755. The van der Waals surface area contributed by atoms with Crippen molar-refractivity contribution >= 4 is 27.5 Å². The second kappa shape index (κ2) is 3.95. The van der Waals surface area contributed by atoms with Gasteiger partial charge in [0.2, 0.25) is 0 Å². The fraction of sp³-hybridized carbons (Fsp3) is 0.111. The molecule has 1 unspecified atom stereocenters. The zero-order valence-corrected chi connectivity index (χ0v) is 8.56. The number of benzene rings is 1. The van der Waals surface area contributed by atoms with Gasteiger partial charge >= 0.3 is 0 Å². The molecule has 0 fully saturated rings. The highest BCUT2D eigenvalue weighted by atomic mass is 79.9. The molecule has 0 spiro atoms. The van der Waals surface area contributed by atoms with E-state index in [-0.39, 0.29) is 0 Å². The van der Waals surface area contributed by atoms with Crippen LogP contribution in [0.1, 0.15) is 11.6 Å². The molecule has 0 amide bonds. The molecule has 1 nitrogen and oxygen atoms in total. The van der Waals surface area contributed by atoms with Crippen molar-refractivity contribution in [3.8, 4) is 12.3 Å². The summed E-state index contributed by atoms with van der Waals surface area (Å²) in [4.78, 5) is 0. The van der Waals surface area contributed by atoms with Crippen LogP contribution in [0.2, 0.25) is 5.02 Å². The van der Waals surface area contributed by atoms with Crippen molar-refractivity contribution in [2.45, 2.75) is 6.04 Å². The van der Waals surface area contributed by atoms with Crippen molar-refractivity contribution in [2.75, 3.05) is 0 Å². The third-order valence-corrected chi connectivity index (χ3v) is 2.81. The van der Waals surface area contributed by atoms with E-state index >= 15 is 0 Å². The smallest absolute Gasteiger partial charge is 0.0933 e. The molecule has 0 saturated carbocycles. The van der Waals surface area contributed by atoms with Gasteiger partial charge in [-0.1, -0.05) is 29.7 Å². The number of hydrogen-bond acceptors (Lipinski definition) is 1. The second-order valence-corrected chi connectivity index (χ2v) is 3.52. The predicted octanol–water partition coefficient (Wildman–Crippen LogP) is 2.74. The van der Waals surface area contributed by atoms with E-state index in [1.54, 1.807) is 0 Å². The van der Waals surface area contributed by atoms with Gasteiger partial charge in [-0.15, -0.1) is 6.42 Å². The van der Waals surface area contributed by atoms with Crippen LogP contribution >= 0.6 is 27.5 Å². The Morgan fingerprint density at radius 1 is 1.58 bits per heavy atom. The van der Waals surface area contributed by atoms with Gasteiger partial charge < -0.3 is 5.73 Å². The van der Waals surface area contributed by atoms with Crippen LogP contribution in [0.15, 0.2) is 22.7 Å². The SMILES string of the molecule is C#CC(N)c1cccc(Br)c1Cl. The number of rotatable bonds is 1. The summed E-state index contributed by atoms with van der Waals surface area (Å²) in [5.74, 6) is 2.42. The molecule has 0 heterocycles. The molecule has 0 aliphatic rings. The van der Waals surface area contributed by atoms with Gasteiger partial charge in [-0.05, 0) is 22.0 Å². The van der Waals surface area contributed by atoms with Crippen molar-refractivity contribution in [3.05, 3.63) is 33.3 Å². The number of halogens is 2. The molecule has 1 rings (SSSR count). The Hall–Kier alpha value is -0.490. The molecule has 2 N–H and O–H groups in total. The Morgan fingerprint density at radius 2 is 2.25 bits per heavy atom. The van der Waals surface area contributed by atoms with E-state index in [2.05, 4.69) is 21.9 Å². The molecule has 3 heteroatoms. The van der Waals surface area contributed by atoms with Crippen LogP contribution in [0.5, 0.6) is 0 Å². The number of terminal acetylenes is 1. The number of hydrogen-bond donors (Lipinski definition) is 1. The van der Waals surface area contributed by atoms with E-state index in [4.69, 9.17) is 23.8 Å². The summed E-state index contributed by atoms with van der Waals surface area (Å²) >= 11 is 9.23. The fourth-order valence-corrected chi connectivity index (χ4v) is 1.48. The summed E-state index contributed by atoms with van der Waals surface area (Å²) in [6.45, 7) is 0. The first kappa shape index (κ1) is 9.60. The standard InChI is InChI=1S/C9H7BrClN/c1-2-8(12)6-4-3-5-7(10)9(6)11/h1,3-5,8H,12H2. The molecule has 1 aromatic carbocycles. The zero-order valence-electron chi connectivity index (χ0n) is 6.22. The van der Waals surface area contributed by atoms with Gasteiger partial charge in [0, 0.05) is 10.0 Å². The summed E-state index contributed by atoms with van der Waals surface area (Å²) in [5, 5.41) is 0.586. The maximum Gasteiger partial charge on any atom is 0.0933 e. The molecule has 0 radical (unpaired) electrons. The molecule has 1 atom stereocenters. The van der Waals surface area contributed by atoms with Crippen molar-refractivity contribution < 1.29 is 0 Å². The Balaban J connectivity index is 3.18. The largest absolute Gasteiger partial charge is 0.314 e. The topological polar surface area (TPSA) is 26.0 Å². The van der Waals surface area contributed by atoms with E-state index in [1.165, 1.54) is 0 Å².